The van der Waals surface area contributed by atoms with E-state index in [2.05, 4.69) is 4.72 Å². The first-order valence-electron chi connectivity index (χ1n) is 5.90. The number of rotatable bonds is 6. The van der Waals surface area contributed by atoms with Gasteiger partial charge in [-0.3, -0.25) is 0 Å². The fourth-order valence-corrected chi connectivity index (χ4v) is 3.72. The van der Waals surface area contributed by atoms with Crippen LogP contribution in [0.25, 0.3) is 0 Å². The molecule has 1 rings (SSSR count). The van der Waals surface area contributed by atoms with E-state index in [0.717, 1.165) is 19.3 Å². The summed E-state index contributed by atoms with van der Waals surface area (Å²) in [7, 11) is -1.99. The molecule has 17 heavy (non-hydrogen) atoms. The number of aliphatic hydroxyl groups is 1. The van der Waals surface area contributed by atoms with Gasteiger partial charge in [-0.05, 0) is 19.8 Å². The summed E-state index contributed by atoms with van der Waals surface area (Å²) in [5, 5.41) is 9.20. The maximum atomic E-state index is 12.1. The Bertz CT molecular complexity index is 320. The lowest BCUT2D eigenvalue weighted by molar-refractivity contribution is 0.150. The van der Waals surface area contributed by atoms with Crippen LogP contribution in [0.5, 0.6) is 0 Å². The first kappa shape index (κ1) is 14.8. The van der Waals surface area contributed by atoms with Gasteiger partial charge in [0.15, 0.2) is 0 Å². The Hall–Kier alpha value is -0.210. The number of nitrogens with zero attached hydrogens (tertiary/aromatic N) is 1. The van der Waals surface area contributed by atoms with Crippen LogP contribution in [0, 0.1) is 0 Å². The molecule has 0 saturated carbocycles. The molecule has 0 radical (unpaired) electrons. The zero-order chi connectivity index (χ0) is 12.9. The molecular formula is C10H22N2O4S. The molecule has 0 spiro atoms. The largest absolute Gasteiger partial charge is 0.395 e. The first-order valence-corrected chi connectivity index (χ1v) is 7.34. The van der Waals surface area contributed by atoms with Gasteiger partial charge in [-0.15, -0.1) is 0 Å². The van der Waals surface area contributed by atoms with Gasteiger partial charge < -0.3 is 9.84 Å². The number of aliphatic hydroxyl groups excluding tert-OH is 1. The van der Waals surface area contributed by atoms with E-state index in [1.807, 2.05) is 0 Å². The fraction of sp³-hybridized carbons (Fsp3) is 1.00. The van der Waals surface area contributed by atoms with Gasteiger partial charge >= 0.3 is 0 Å². The summed E-state index contributed by atoms with van der Waals surface area (Å²) >= 11 is 0. The van der Waals surface area contributed by atoms with Crippen molar-refractivity contribution in [2.45, 2.75) is 38.3 Å². The van der Waals surface area contributed by atoms with E-state index < -0.39 is 10.2 Å². The van der Waals surface area contributed by atoms with Crippen LogP contribution in [-0.2, 0) is 14.9 Å². The highest BCUT2D eigenvalue weighted by atomic mass is 32.2. The molecular weight excluding hydrogens is 244 g/mol. The molecule has 1 fully saturated rings. The molecule has 102 valence electrons. The molecule has 0 aromatic rings. The molecule has 6 nitrogen and oxygen atoms in total. The second-order valence-electron chi connectivity index (χ2n) is 4.42. The summed E-state index contributed by atoms with van der Waals surface area (Å²) in [6.45, 7) is 2.43. The number of hydrogen-bond donors (Lipinski definition) is 2. The molecule has 7 heteroatoms. The van der Waals surface area contributed by atoms with Gasteiger partial charge in [-0.2, -0.15) is 17.4 Å². The van der Waals surface area contributed by atoms with Crippen molar-refractivity contribution in [3.05, 3.63) is 0 Å². The van der Waals surface area contributed by atoms with E-state index in [1.165, 1.54) is 11.4 Å². The van der Waals surface area contributed by atoms with Gasteiger partial charge in [0.25, 0.3) is 10.2 Å². The molecule has 2 atom stereocenters. The summed E-state index contributed by atoms with van der Waals surface area (Å²) in [5.74, 6) is 0. The smallest absolute Gasteiger partial charge is 0.280 e. The van der Waals surface area contributed by atoms with E-state index >= 15 is 0 Å². The summed E-state index contributed by atoms with van der Waals surface area (Å²) < 4.78 is 33.0. The van der Waals surface area contributed by atoms with E-state index in [9.17, 15) is 13.5 Å². The fourth-order valence-electron chi connectivity index (χ4n) is 2.08. The second kappa shape index (κ2) is 6.65. The molecule has 0 amide bonds. The Labute approximate surface area is 103 Å². The number of hydrogen-bond acceptors (Lipinski definition) is 4. The van der Waals surface area contributed by atoms with Crippen LogP contribution >= 0.6 is 0 Å². The topological polar surface area (TPSA) is 78.9 Å². The Kier molecular flexibility index (Phi) is 5.81. The highest BCUT2D eigenvalue weighted by molar-refractivity contribution is 7.87. The summed E-state index contributed by atoms with van der Waals surface area (Å²) in [6.07, 6.45) is 2.52. The summed E-state index contributed by atoms with van der Waals surface area (Å²) in [4.78, 5) is 0. The average molecular weight is 266 g/mol. The Morgan fingerprint density at radius 1 is 1.53 bits per heavy atom. The van der Waals surface area contributed by atoms with Crippen molar-refractivity contribution in [1.29, 1.82) is 0 Å². The van der Waals surface area contributed by atoms with Crippen molar-refractivity contribution < 1.29 is 18.3 Å². The normalized spacial score (nSPS) is 24.8. The van der Waals surface area contributed by atoms with Gasteiger partial charge in [0.05, 0.1) is 13.2 Å². The maximum absolute atomic E-state index is 12.1. The third-order valence-corrected chi connectivity index (χ3v) is 4.66. The molecule has 0 bridgehead atoms. The maximum Gasteiger partial charge on any atom is 0.280 e. The van der Waals surface area contributed by atoms with Gasteiger partial charge in [-0.25, -0.2) is 0 Å². The van der Waals surface area contributed by atoms with Gasteiger partial charge in [-0.1, -0.05) is 6.42 Å². The standard InChI is InChI=1S/C10H22N2O4S/c1-9(8-16-2)11-17(14,15)12-6-4-3-5-10(12)7-13/h9-11,13H,3-8H2,1-2H3. The van der Waals surface area contributed by atoms with Crippen LogP contribution in [0.15, 0.2) is 0 Å². The minimum atomic E-state index is -3.52. The zero-order valence-electron chi connectivity index (χ0n) is 10.4. The quantitative estimate of drug-likeness (QED) is 0.692. The van der Waals surface area contributed by atoms with E-state index in [4.69, 9.17) is 4.74 Å². The number of ether oxygens (including phenoxy) is 1. The average Bonchev–Trinajstić information content (AvgIpc) is 2.28. The minimum absolute atomic E-state index is 0.125. The molecule has 1 aliphatic heterocycles. The number of nitrogens with one attached hydrogen (secondary N) is 1. The van der Waals surface area contributed by atoms with Crippen molar-refractivity contribution >= 4 is 10.2 Å². The van der Waals surface area contributed by atoms with Crippen LogP contribution in [0.2, 0.25) is 0 Å². The lowest BCUT2D eigenvalue weighted by Crippen LogP contribution is -2.52. The van der Waals surface area contributed by atoms with Gasteiger partial charge in [0.2, 0.25) is 0 Å². The predicted molar refractivity (Wildman–Crippen MR) is 64.8 cm³/mol. The third-order valence-electron chi connectivity index (χ3n) is 2.86. The highest BCUT2D eigenvalue weighted by Crippen LogP contribution is 2.19. The Morgan fingerprint density at radius 3 is 2.82 bits per heavy atom. The highest BCUT2D eigenvalue weighted by Gasteiger charge is 2.32. The van der Waals surface area contributed by atoms with Crippen LogP contribution in [0.3, 0.4) is 0 Å². The van der Waals surface area contributed by atoms with Crippen molar-refractivity contribution in [3.63, 3.8) is 0 Å². The first-order chi connectivity index (χ1) is 8.01. The predicted octanol–water partition coefficient (Wildman–Crippen LogP) is -0.297. The number of methoxy groups -OCH3 is 1. The number of piperidine rings is 1. The molecule has 1 heterocycles. The molecule has 1 saturated heterocycles. The molecule has 1 aliphatic rings. The molecule has 2 N–H and O–H groups in total. The minimum Gasteiger partial charge on any atom is -0.395 e. The summed E-state index contributed by atoms with van der Waals surface area (Å²) in [5.41, 5.74) is 0. The van der Waals surface area contributed by atoms with Crippen molar-refractivity contribution in [2.75, 3.05) is 26.9 Å². The third kappa shape index (κ3) is 4.18. The summed E-state index contributed by atoms with van der Waals surface area (Å²) in [6, 6.07) is -0.567. The van der Waals surface area contributed by atoms with Crippen LogP contribution in [0.1, 0.15) is 26.2 Å². The van der Waals surface area contributed by atoms with Crippen molar-refractivity contribution in [3.8, 4) is 0 Å². The second-order valence-corrected chi connectivity index (χ2v) is 6.08. The van der Waals surface area contributed by atoms with Crippen LogP contribution in [0.4, 0.5) is 0 Å². The monoisotopic (exact) mass is 266 g/mol. The van der Waals surface area contributed by atoms with Gasteiger partial charge in [0, 0.05) is 25.7 Å². The van der Waals surface area contributed by atoms with E-state index in [1.54, 1.807) is 6.92 Å². The lowest BCUT2D eigenvalue weighted by atomic mass is 10.1. The molecule has 0 aromatic heterocycles. The molecule has 0 aromatic carbocycles. The van der Waals surface area contributed by atoms with Crippen LogP contribution in [-0.4, -0.2) is 56.8 Å². The van der Waals surface area contributed by atoms with Gasteiger partial charge in [0.1, 0.15) is 0 Å². The molecule has 2 unspecified atom stereocenters. The lowest BCUT2D eigenvalue weighted by Gasteiger charge is -2.34. The SMILES string of the molecule is COCC(C)NS(=O)(=O)N1CCCCC1CO. The van der Waals surface area contributed by atoms with E-state index in [0.29, 0.717) is 13.2 Å². The zero-order valence-corrected chi connectivity index (χ0v) is 11.2. The van der Waals surface area contributed by atoms with E-state index in [-0.39, 0.29) is 18.7 Å². The van der Waals surface area contributed by atoms with Crippen molar-refractivity contribution in [2.24, 2.45) is 0 Å². The molecule has 0 aliphatic carbocycles. The Balaban J connectivity index is 2.67. The van der Waals surface area contributed by atoms with Crippen molar-refractivity contribution in [1.82, 2.24) is 9.03 Å². The van der Waals surface area contributed by atoms with Crippen LogP contribution < -0.4 is 4.72 Å². The Morgan fingerprint density at radius 2 is 2.24 bits per heavy atom.